The molecule has 1 aliphatic heterocycles. The van der Waals surface area contributed by atoms with Gasteiger partial charge in [-0.15, -0.1) is 0 Å². The lowest BCUT2D eigenvalue weighted by atomic mass is 10.0. The predicted octanol–water partition coefficient (Wildman–Crippen LogP) is 2.42. The third kappa shape index (κ3) is 5.66. The van der Waals surface area contributed by atoms with Crippen LogP contribution in [0.15, 0.2) is 48.5 Å². The Balaban J connectivity index is 1.53. The van der Waals surface area contributed by atoms with Gasteiger partial charge in [-0.05, 0) is 43.0 Å². The minimum absolute atomic E-state index is 0.265. The van der Waals surface area contributed by atoms with Gasteiger partial charge in [0.2, 0.25) is 15.9 Å². The highest BCUT2D eigenvalue weighted by atomic mass is 32.2. The van der Waals surface area contributed by atoms with E-state index in [0.29, 0.717) is 18.0 Å². The maximum atomic E-state index is 12.4. The maximum Gasteiger partial charge on any atom is 0.240 e. The molecule has 0 saturated carbocycles. The van der Waals surface area contributed by atoms with Crippen molar-refractivity contribution in [3.8, 4) is 5.75 Å². The van der Waals surface area contributed by atoms with E-state index in [1.807, 2.05) is 0 Å². The molecule has 0 saturated heterocycles. The van der Waals surface area contributed by atoms with Crippen LogP contribution >= 0.6 is 0 Å². The fourth-order valence-electron chi connectivity index (χ4n) is 3.69. The van der Waals surface area contributed by atoms with Gasteiger partial charge >= 0.3 is 0 Å². The molecule has 8 heteroatoms. The Kier molecular flexibility index (Phi) is 7.20. The zero-order chi connectivity index (χ0) is 21.6. The molecule has 0 radical (unpaired) electrons. The Morgan fingerprint density at radius 2 is 2.00 bits per heavy atom. The number of sulfonamides is 1. The number of ether oxygens (including phenoxy) is 1. The number of carbonyl (C=O) groups excluding carboxylic acids is 1. The summed E-state index contributed by atoms with van der Waals surface area (Å²) in [5.41, 5.74) is 3.04. The van der Waals surface area contributed by atoms with E-state index in [1.54, 1.807) is 24.3 Å². The van der Waals surface area contributed by atoms with Gasteiger partial charge in [0.1, 0.15) is 12.3 Å². The molecular weight excluding hydrogens is 402 g/mol. The van der Waals surface area contributed by atoms with E-state index >= 15 is 0 Å². The first-order valence-corrected chi connectivity index (χ1v) is 11.9. The van der Waals surface area contributed by atoms with Gasteiger partial charge < -0.3 is 15.0 Å². The van der Waals surface area contributed by atoms with Crippen molar-refractivity contribution in [3.05, 3.63) is 54.1 Å². The second kappa shape index (κ2) is 9.84. The molecule has 0 bridgehead atoms. The Bertz CT molecular complexity index is 978. The van der Waals surface area contributed by atoms with Crippen molar-refractivity contribution < 1.29 is 17.9 Å². The van der Waals surface area contributed by atoms with Gasteiger partial charge in [0.05, 0.1) is 19.1 Å². The summed E-state index contributed by atoms with van der Waals surface area (Å²) >= 11 is 0. The predicted molar refractivity (Wildman–Crippen MR) is 120 cm³/mol. The molecule has 3 rings (SSSR count). The topological polar surface area (TPSA) is 79.0 Å². The Hall–Kier alpha value is -2.74. The fraction of sp³-hybridized carbons (Fsp3) is 0.409. The van der Waals surface area contributed by atoms with Gasteiger partial charge in [0, 0.05) is 31.4 Å². The number of hydrogen-bond acceptors (Lipinski definition) is 5. The third-order valence-corrected chi connectivity index (χ3v) is 6.30. The Morgan fingerprint density at radius 1 is 1.20 bits per heavy atom. The van der Waals surface area contributed by atoms with Crippen LogP contribution in [0.2, 0.25) is 0 Å². The van der Waals surface area contributed by atoms with Crippen molar-refractivity contribution >= 4 is 27.3 Å². The zero-order valence-corrected chi connectivity index (χ0v) is 18.3. The number of methoxy groups -OCH3 is 1. The standard InChI is InChI=1S/C22H29N3O4S/c1-29-20-11-5-10-19(16-20)25(30(2,27)28)17-22(26)23-13-7-15-24-14-6-9-18-8-3-4-12-21(18)24/h3-5,8,10-12,16H,6-7,9,13-15,17H2,1-2H3,(H,23,26). The van der Waals surface area contributed by atoms with Gasteiger partial charge in [0.15, 0.2) is 0 Å². The molecular formula is C22H29N3O4S. The maximum absolute atomic E-state index is 12.4. The highest BCUT2D eigenvalue weighted by molar-refractivity contribution is 7.92. The number of hydrogen-bond donors (Lipinski definition) is 1. The average Bonchev–Trinajstić information content (AvgIpc) is 2.74. The minimum atomic E-state index is -3.61. The van der Waals surface area contributed by atoms with Crippen LogP contribution in [0.25, 0.3) is 0 Å². The third-order valence-electron chi connectivity index (χ3n) is 5.16. The first kappa shape index (κ1) is 22.0. The largest absolute Gasteiger partial charge is 0.497 e. The Labute approximate surface area is 178 Å². The summed E-state index contributed by atoms with van der Waals surface area (Å²) < 4.78 is 30.7. The number of carbonyl (C=O) groups is 1. The van der Waals surface area contributed by atoms with Crippen LogP contribution < -0.4 is 19.3 Å². The molecule has 1 amide bonds. The summed E-state index contributed by atoms with van der Waals surface area (Å²) in [6.07, 6.45) is 4.12. The number of amides is 1. The molecule has 1 N–H and O–H groups in total. The zero-order valence-electron chi connectivity index (χ0n) is 17.5. The molecule has 0 fully saturated rings. The van der Waals surface area contributed by atoms with E-state index in [0.717, 1.165) is 42.9 Å². The van der Waals surface area contributed by atoms with Gasteiger partial charge in [0.25, 0.3) is 0 Å². The number of para-hydroxylation sites is 1. The van der Waals surface area contributed by atoms with Gasteiger partial charge in [-0.25, -0.2) is 8.42 Å². The highest BCUT2D eigenvalue weighted by Gasteiger charge is 2.21. The lowest BCUT2D eigenvalue weighted by Crippen LogP contribution is -2.41. The number of aryl methyl sites for hydroxylation is 1. The smallest absolute Gasteiger partial charge is 0.240 e. The number of rotatable bonds is 9. The molecule has 162 valence electrons. The molecule has 2 aromatic carbocycles. The monoisotopic (exact) mass is 431 g/mol. The lowest BCUT2D eigenvalue weighted by molar-refractivity contribution is -0.119. The van der Waals surface area contributed by atoms with E-state index in [-0.39, 0.29) is 12.5 Å². The Morgan fingerprint density at radius 3 is 2.77 bits per heavy atom. The first-order chi connectivity index (χ1) is 14.4. The van der Waals surface area contributed by atoms with E-state index in [1.165, 1.54) is 18.4 Å². The van der Waals surface area contributed by atoms with Crippen molar-refractivity contribution in [1.29, 1.82) is 0 Å². The summed E-state index contributed by atoms with van der Waals surface area (Å²) in [4.78, 5) is 14.8. The van der Waals surface area contributed by atoms with Gasteiger partial charge in [-0.1, -0.05) is 24.3 Å². The van der Waals surface area contributed by atoms with Gasteiger partial charge in [-0.2, -0.15) is 0 Å². The normalized spacial score (nSPS) is 13.5. The molecule has 7 nitrogen and oxygen atoms in total. The number of anilines is 2. The van der Waals surface area contributed by atoms with Crippen molar-refractivity contribution in [2.45, 2.75) is 19.3 Å². The molecule has 0 unspecified atom stereocenters. The van der Waals surface area contributed by atoms with Crippen molar-refractivity contribution in [1.82, 2.24) is 5.32 Å². The van der Waals surface area contributed by atoms with Crippen LogP contribution in [0, 0.1) is 0 Å². The first-order valence-electron chi connectivity index (χ1n) is 10.1. The lowest BCUT2D eigenvalue weighted by Gasteiger charge is -2.31. The highest BCUT2D eigenvalue weighted by Crippen LogP contribution is 2.26. The van der Waals surface area contributed by atoms with Crippen molar-refractivity contribution in [3.63, 3.8) is 0 Å². The molecule has 1 heterocycles. The molecule has 0 spiro atoms. The summed E-state index contributed by atoms with van der Waals surface area (Å²) in [7, 11) is -2.10. The molecule has 2 aromatic rings. The number of nitrogens with zero attached hydrogens (tertiary/aromatic N) is 2. The van der Waals surface area contributed by atoms with Crippen molar-refractivity contribution in [2.24, 2.45) is 0 Å². The number of fused-ring (bicyclic) bond motifs is 1. The van der Waals surface area contributed by atoms with E-state index < -0.39 is 10.0 Å². The van der Waals surface area contributed by atoms with Crippen LogP contribution in [0.3, 0.4) is 0 Å². The number of nitrogens with one attached hydrogen (secondary N) is 1. The van der Waals surface area contributed by atoms with E-state index in [2.05, 4.69) is 34.5 Å². The van der Waals surface area contributed by atoms with Crippen LogP contribution in [0.5, 0.6) is 5.75 Å². The van der Waals surface area contributed by atoms with E-state index in [9.17, 15) is 13.2 Å². The summed E-state index contributed by atoms with van der Waals surface area (Å²) in [6.45, 7) is 2.09. The quantitative estimate of drug-likeness (QED) is 0.617. The van der Waals surface area contributed by atoms with E-state index in [4.69, 9.17) is 4.74 Å². The minimum Gasteiger partial charge on any atom is -0.497 e. The molecule has 0 atom stereocenters. The van der Waals surface area contributed by atoms with Gasteiger partial charge in [-0.3, -0.25) is 9.10 Å². The second-order valence-corrected chi connectivity index (χ2v) is 9.30. The van der Waals surface area contributed by atoms with Crippen LogP contribution in [0.1, 0.15) is 18.4 Å². The summed E-state index contributed by atoms with van der Waals surface area (Å²) in [5.74, 6) is 0.200. The second-order valence-electron chi connectivity index (χ2n) is 7.39. The average molecular weight is 432 g/mol. The van der Waals surface area contributed by atoms with Crippen LogP contribution in [-0.4, -0.2) is 53.9 Å². The summed E-state index contributed by atoms with van der Waals surface area (Å²) in [6, 6.07) is 15.1. The SMILES string of the molecule is COc1cccc(N(CC(=O)NCCCN2CCCc3ccccc32)S(C)(=O)=O)c1. The summed E-state index contributed by atoms with van der Waals surface area (Å²) in [5, 5.41) is 2.84. The molecule has 1 aliphatic rings. The molecule has 0 aliphatic carbocycles. The molecule has 30 heavy (non-hydrogen) atoms. The van der Waals surface area contributed by atoms with Crippen LogP contribution in [-0.2, 0) is 21.2 Å². The number of benzene rings is 2. The molecule has 0 aromatic heterocycles. The fourth-order valence-corrected chi connectivity index (χ4v) is 4.54. The van der Waals surface area contributed by atoms with Crippen LogP contribution in [0.4, 0.5) is 11.4 Å². The van der Waals surface area contributed by atoms with Crippen molar-refractivity contribution in [2.75, 3.05) is 48.7 Å².